The van der Waals surface area contributed by atoms with E-state index in [1.807, 2.05) is 0 Å². The normalized spacial score (nSPS) is 25.3. The number of nitrogens with one attached hydrogen (secondary N) is 1. The van der Waals surface area contributed by atoms with Crippen molar-refractivity contribution >= 4 is 10.8 Å². The molecule has 2 aromatic carbocycles. The van der Waals surface area contributed by atoms with Gasteiger partial charge in [0.1, 0.15) is 12.4 Å². The van der Waals surface area contributed by atoms with Crippen LogP contribution in [-0.4, -0.2) is 44.2 Å². The smallest absolute Gasteiger partial charge is 0.120 e. The zero-order valence-corrected chi connectivity index (χ0v) is 12.3. The first-order valence-corrected chi connectivity index (χ1v) is 7.93. The lowest BCUT2D eigenvalue weighted by molar-refractivity contribution is 0.228. The summed E-state index contributed by atoms with van der Waals surface area (Å²) in [6.07, 6.45) is 0. The maximum Gasteiger partial charge on any atom is 0.120 e. The van der Waals surface area contributed by atoms with Crippen molar-refractivity contribution in [1.82, 2.24) is 10.2 Å². The van der Waals surface area contributed by atoms with E-state index >= 15 is 0 Å². The average molecular weight is 282 g/mol. The van der Waals surface area contributed by atoms with Gasteiger partial charge < -0.3 is 10.1 Å². The Morgan fingerprint density at radius 2 is 1.76 bits per heavy atom. The van der Waals surface area contributed by atoms with E-state index in [9.17, 15) is 0 Å². The second kappa shape index (κ2) is 5.66. The zero-order valence-electron chi connectivity index (χ0n) is 12.3. The molecule has 3 nitrogen and oxygen atoms in total. The molecule has 4 rings (SSSR count). The number of hydrogen-bond donors (Lipinski definition) is 1. The van der Waals surface area contributed by atoms with E-state index in [-0.39, 0.29) is 0 Å². The minimum absolute atomic E-state index is 0.783. The van der Waals surface area contributed by atoms with E-state index in [0.29, 0.717) is 0 Å². The summed E-state index contributed by atoms with van der Waals surface area (Å²) < 4.78 is 5.94. The highest BCUT2D eigenvalue weighted by atomic mass is 16.5. The van der Waals surface area contributed by atoms with Gasteiger partial charge in [-0.05, 0) is 47.8 Å². The molecule has 2 fully saturated rings. The van der Waals surface area contributed by atoms with E-state index in [0.717, 1.165) is 30.7 Å². The van der Waals surface area contributed by atoms with E-state index in [1.54, 1.807) is 0 Å². The first-order valence-electron chi connectivity index (χ1n) is 7.93. The Balaban J connectivity index is 1.32. The second-order valence-electron chi connectivity index (χ2n) is 6.30. The fraction of sp³-hybridized carbons (Fsp3) is 0.444. The lowest BCUT2D eigenvalue weighted by atomic mass is 10.0. The number of benzene rings is 2. The number of fused-ring (bicyclic) bond motifs is 2. The van der Waals surface area contributed by atoms with Gasteiger partial charge in [0.15, 0.2) is 0 Å². The van der Waals surface area contributed by atoms with E-state index in [2.05, 4.69) is 52.7 Å². The first-order chi connectivity index (χ1) is 10.4. The second-order valence-corrected chi connectivity index (χ2v) is 6.30. The van der Waals surface area contributed by atoms with Crippen LogP contribution < -0.4 is 10.1 Å². The number of likely N-dealkylation sites (tertiary alicyclic amines) is 1. The number of hydrogen-bond acceptors (Lipinski definition) is 3. The predicted molar refractivity (Wildman–Crippen MR) is 85.7 cm³/mol. The Morgan fingerprint density at radius 1 is 1.00 bits per heavy atom. The molecule has 0 unspecified atom stereocenters. The summed E-state index contributed by atoms with van der Waals surface area (Å²) in [7, 11) is 0. The van der Waals surface area contributed by atoms with Crippen LogP contribution in [0.4, 0.5) is 0 Å². The molecule has 3 heteroatoms. The van der Waals surface area contributed by atoms with Crippen molar-refractivity contribution in [2.75, 3.05) is 39.3 Å². The Bertz CT molecular complexity index is 615. The van der Waals surface area contributed by atoms with Crippen molar-refractivity contribution in [2.45, 2.75) is 0 Å². The molecular formula is C18H22N2O. The van der Waals surface area contributed by atoms with Crippen LogP contribution in [-0.2, 0) is 0 Å². The molecule has 1 N–H and O–H groups in total. The number of rotatable bonds is 4. The van der Waals surface area contributed by atoms with Gasteiger partial charge in [-0.1, -0.05) is 30.3 Å². The van der Waals surface area contributed by atoms with Gasteiger partial charge in [-0.3, -0.25) is 4.90 Å². The summed E-state index contributed by atoms with van der Waals surface area (Å²) in [5.74, 6) is 2.71. The summed E-state index contributed by atoms with van der Waals surface area (Å²) in [4.78, 5) is 2.55. The van der Waals surface area contributed by atoms with Gasteiger partial charge in [-0.25, -0.2) is 0 Å². The fourth-order valence-electron chi connectivity index (χ4n) is 3.68. The molecule has 2 aromatic rings. The third-order valence-electron chi connectivity index (χ3n) is 4.86. The lowest BCUT2D eigenvalue weighted by Gasteiger charge is -2.17. The molecule has 0 spiro atoms. The van der Waals surface area contributed by atoms with Crippen molar-refractivity contribution in [3.8, 4) is 5.75 Å². The van der Waals surface area contributed by atoms with Crippen LogP contribution in [0, 0.1) is 11.8 Å². The molecule has 0 saturated carbocycles. The van der Waals surface area contributed by atoms with Crippen molar-refractivity contribution in [3.05, 3.63) is 42.5 Å². The standard InChI is InChI=1S/C18H22N2O/c1-2-4-15-9-18(6-5-14(15)3-1)21-8-7-20-12-16-10-19-11-17(16)13-20/h1-6,9,16-17,19H,7-8,10-13H2/t16-,17+. The molecule has 110 valence electrons. The van der Waals surface area contributed by atoms with Crippen LogP contribution in [0.5, 0.6) is 5.75 Å². The van der Waals surface area contributed by atoms with Crippen LogP contribution in [0.15, 0.2) is 42.5 Å². The van der Waals surface area contributed by atoms with Gasteiger partial charge >= 0.3 is 0 Å². The minimum Gasteiger partial charge on any atom is -0.492 e. The van der Waals surface area contributed by atoms with Gasteiger partial charge in [0.05, 0.1) is 0 Å². The van der Waals surface area contributed by atoms with Gasteiger partial charge in [-0.2, -0.15) is 0 Å². The van der Waals surface area contributed by atoms with E-state index in [1.165, 1.54) is 37.0 Å². The van der Waals surface area contributed by atoms with Crippen molar-refractivity contribution in [2.24, 2.45) is 11.8 Å². The molecule has 21 heavy (non-hydrogen) atoms. The summed E-state index contributed by atoms with van der Waals surface area (Å²) in [6, 6.07) is 14.8. The summed E-state index contributed by atoms with van der Waals surface area (Å²) >= 11 is 0. The Labute approximate surface area is 125 Å². The van der Waals surface area contributed by atoms with Crippen LogP contribution >= 0.6 is 0 Å². The quantitative estimate of drug-likeness (QED) is 0.932. The van der Waals surface area contributed by atoms with Gasteiger partial charge in [0.2, 0.25) is 0 Å². The predicted octanol–water partition coefficient (Wildman–Crippen LogP) is 2.37. The molecule has 0 radical (unpaired) electrons. The highest BCUT2D eigenvalue weighted by Gasteiger charge is 2.35. The number of nitrogens with zero attached hydrogens (tertiary/aromatic N) is 1. The highest BCUT2D eigenvalue weighted by molar-refractivity contribution is 5.83. The Kier molecular flexibility index (Phi) is 3.53. The average Bonchev–Trinajstić information content (AvgIpc) is 3.08. The molecule has 0 aromatic heterocycles. The Morgan fingerprint density at radius 3 is 2.57 bits per heavy atom. The zero-order chi connectivity index (χ0) is 14.1. The van der Waals surface area contributed by atoms with Crippen LogP contribution in [0.3, 0.4) is 0 Å². The van der Waals surface area contributed by atoms with Crippen LogP contribution in [0.1, 0.15) is 0 Å². The molecule has 0 bridgehead atoms. The molecule has 2 saturated heterocycles. The van der Waals surface area contributed by atoms with Gasteiger partial charge in [0.25, 0.3) is 0 Å². The highest BCUT2D eigenvalue weighted by Crippen LogP contribution is 2.26. The number of ether oxygens (including phenoxy) is 1. The third kappa shape index (κ3) is 2.76. The van der Waals surface area contributed by atoms with E-state index in [4.69, 9.17) is 4.74 Å². The molecule has 2 aliphatic rings. The Hall–Kier alpha value is -1.58. The maximum atomic E-state index is 5.94. The molecular weight excluding hydrogens is 260 g/mol. The van der Waals surface area contributed by atoms with Crippen LogP contribution in [0.2, 0.25) is 0 Å². The fourth-order valence-corrected chi connectivity index (χ4v) is 3.68. The van der Waals surface area contributed by atoms with Gasteiger partial charge in [0, 0.05) is 19.6 Å². The molecule has 0 amide bonds. The first kappa shape index (κ1) is 13.1. The topological polar surface area (TPSA) is 24.5 Å². The van der Waals surface area contributed by atoms with Crippen molar-refractivity contribution < 1.29 is 4.74 Å². The summed E-state index contributed by atoms with van der Waals surface area (Å²) in [5.41, 5.74) is 0. The molecule has 2 aliphatic heterocycles. The maximum absolute atomic E-state index is 5.94. The van der Waals surface area contributed by atoms with E-state index < -0.39 is 0 Å². The molecule has 0 aliphatic carbocycles. The van der Waals surface area contributed by atoms with Crippen LogP contribution in [0.25, 0.3) is 10.8 Å². The van der Waals surface area contributed by atoms with Gasteiger partial charge in [-0.15, -0.1) is 0 Å². The summed E-state index contributed by atoms with van der Waals surface area (Å²) in [6.45, 7) is 6.70. The monoisotopic (exact) mass is 282 g/mol. The molecule has 2 atom stereocenters. The largest absolute Gasteiger partial charge is 0.492 e. The van der Waals surface area contributed by atoms with Crippen molar-refractivity contribution in [3.63, 3.8) is 0 Å². The third-order valence-corrected chi connectivity index (χ3v) is 4.86. The lowest BCUT2D eigenvalue weighted by Crippen LogP contribution is -2.29. The van der Waals surface area contributed by atoms with Crippen molar-refractivity contribution in [1.29, 1.82) is 0 Å². The molecule has 2 heterocycles. The minimum atomic E-state index is 0.783. The summed E-state index contributed by atoms with van der Waals surface area (Å²) in [5, 5.41) is 6.00. The SMILES string of the molecule is c1ccc2cc(OCCN3C[C@H]4CNC[C@H]4C3)ccc2c1.